The molecule has 0 unspecified atom stereocenters. The van der Waals surface area contributed by atoms with Crippen LogP contribution in [-0.4, -0.2) is 40.3 Å². The van der Waals surface area contributed by atoms with Crippen molar-refractivity contribution in [3.8, 4) is 0 Å². The van der Waals surface area contributed by atoms with Crippen molar-refractivity contribution in [3.05, 3.63) is 17.5 Å². The highest BCUT2D eigenvalue weighted by atomic mass is 16.6. The molecule has 1 saturated heterocycles. The minimum absolute atomic E-state index is 0.0279. The summed E-state index contributed by atoms with van der Waals surface area (Å²) in [6, 6.07) is 0. The molecule has 2 fully saturated rings. The molecule has 0 bridgehead atoms. The van der Waals surface area contributed by atoms with Gasteiger partial charge < -0.3 is 9.64 Å². The number of unbranched alkanes of at least 4 members (excludes halogenated alkanes) is 1. The van der Waals surface area contributed by atoms with Gasteiger partial charge in [0.15, 0.2) is 0 Å². The Morgan fingerprint density at radius 2 is 2.08 bits per heavy atom. The zero-order valence-corrected chi connectivity index (χ0v) is 16.2. The predicted molar refractivity (Wildman–Crippen MR) is 98.3 cm³/mol. The average molecular weight is 348 g/mol. The summed E-state index contributed by atoms with van der Waals surface area (Å²) in [4.78, 5) is 14.8. The molecule has 1 aromatic heterocycles. The summed E-state index contributed by atoms with van der Waals surface area (Å²) < 4.78 is 5.62. The van der Waals surface area contributed by atoms with Gasteiger partial charge in [-0.1, -0.05) is 13.3 Å². The van der Waals surface area contributed by atoms with E-state index in [-0.39, 0.29) is 17.0 Å². The molecule has 25 heavy (non-hydrogen) atoms. The van der Waals surface area contributed by atoms with Gasteiger partial charge in [-0.3, -0.25) is 9.89 Å². The van der Waals surface area contributed by atoms with Gasteiger partial charge in [0.05, 0.1) is 11.6 Å². The topological polar surface area (TPSA) is 58.2 Å². The Hall–Kier alpha value is -1.36. The lowest BCUT2D eigenvalue weighted by Crippen LogP contribution is -2.32. The minimum Gasteiger partial charge on any atom is -0.459 e. The molecule has 3 rings (SSSR count). The fourth-order valence-corrected chi connectivity index (χ4v) is 4.72. The third kappa shape index (κ3) is 3.91. The van der Waals surface area contributed by atoms with Gasteiger partial charge in [-0.15, -0.1) is 0 Å². The fourth-order valence-electron chi connectivity index (χ4n) is 4.72. The number of carbonyl (C=O) groups is 1. The lowest BCUT2D eigenvalue weighted by atomic mass is 9.67. The van der Waals surface area contributed by atoms with E-state index >= 15 is 0 Å². The molecule has 1 aliphatic carbocycles. The number of carbonyl (C=O) groups excluding carboxylic acids is 1. The highest BCUT2D eigenvalue weighted by Crippen LogP contribution is 2.52. The second-order valence-electron chi connectivity index (χ2n) is 8.78. The standard InChI is InChI=1S/C20H33N3O2/c1-5-6-11-23(4)13-16-12-21-22-17(16)15-7-9-20(10-8-15)14-19(2,3)25-18(20)24/h12,15H,5-11,13-14H2,1-4H3,(H,21,22). The molecule has 1 spiro atoms. The molecule has 1 saturated carbocycles. The van der Waals surface area contributed by atoms with Gasteiger partial charge in [-0.2, -0.15) is 5.10 Å². The summed E-state index contributed by atoms with van der Waals surface area (Å²) in [5, 5.41) is 7.56. The van der Waals surface area contributed by atoms with Crippen LogP contribution in [0.25, 0.3) is 0 Å². The Morgan fingerprint density at radius 3 is 2.68 bits per heavy atom. The van der Waals surface area contributed by atoms with Gasteiger partial charge >= 0.3 is 5.97 Å². The monoisotopic (exact) mass is 347 g/mol. The van der Waals surface area contributed by atoms with Crippen LogP contribution in [0, 0.1) is 5.41 Å². The number of H-pyrrole nitrogens is 1. The van der Waals surface area contributed by atoms with E-state index in [9.17, 15) is 4.79 Å². The van der Waals surface area contributed by atoms with Crippen molar-refractivity contribution in [1.82, 2.24) is 15.1 Å². The van der Waals surface area contributed by atoms with Gasteiger partial charge in [-0.25, -0.2) is 0 Å². The van der Waals surface area contributed by atoms with Gasteiger partial charge in [0.25, 0.3) is 0 Å². The highest BCUT2D eigenvalue weighted by molar-refractivity contribution is 5.79. The van der Waals surface area contributed by atoms with Crippen LogP contribution < -0.4 is 0 Å². The van der Waals surface area contributed by atoms with E-state index in [4.69, 9.17) is 4.74 Å². The van der Waals surface area contributed by atoms with Gasteiger partial charge in [0.1, 0.15) is 5.60 Å². The molecular weight excluding hydrogens is 314 g/mol. The quantitative estimate of drug-likeness (QED) is 0.790. The summed E-state index contributed by atoms with van der Waals surface area (Å²) >= 11 is 0. The Balaban J connectivity index is 1.62. The maximum atomic E-state index is 12.4. The van der Waals surface area contributed by atoms with Crippen LogP contribution in [0.4, 0.5) is 0 Å². The first-order valence-electron chi connectivity index (χ1n) is 9.79. The van der Waals surface area contributed by atoms with E-state index < -0.39 is 0 Å². The zero-order chi connectivity index (χ0) is 18.1. The van der Waals surface area contributed by atoms with Crippen LogP contribution in [0.15, 0.2) is 6.20 Å². The van der Waals surface area contributed by atoms with Crippen molar-refractivity contribution in [2.75, 3.05) is 13.6 Å². The van der Waals surface area contributed by atoms with Crippen molar-refractivity contribution < 1.29 is 9.53 Å². The van der Waals surface area contributed by atoms with Crippen LogP contribution in [0.3, 0.4) is 0 Å². The molecule has 2 heterocycles. The number of aromatic nitrogens is 2. The van der Waals surface area contributed by atoms with Gasteiger partial charge in [0, 0.05) is 30.1 Å². The summed E-state index contributed by atoms with van der Waals surface area (Å²) in [5.41, 5.74) is 2.06. The molecule has 0 aromatic carbocycles. The van der Waals surface area contributed by atoms with E-state index in [0.717, 1.165) is 45.2 Å². The second kappa shape index (κ2) is 7.10. The number of hydrogen-bond acceptors (Lipinski definition) is 4. The molecule has 2 aliphatic rings. The Morgan fingerprint density at radius 1 is 1.36 bits per heavy atom. The van der Waals surface area contributed by atoms with E-state index in [0.29, 0.717) is 5.92 Å². The van der Waals surface area contributed by atoms with E-state index in [1.165, 1.54) is 24.1 Å². The molecule has 0 radical (unpaired) electrons. The third-order valence-electron chi connectivity index (χ3n) is 6.00. The molecule has 0 atom stereocenters. The number of nitrogens with one attached hydrogen (secondary N) is 1. The molecule has 1 aliphatic heterocycles. The van der Waals surface area contributed by atoms with Crippen molar-refractivity contribution in [2.24, 2.45) is 5.41 Å². The van der Waals surface area contributed by atoms with Crippen LogP contribution in [0.2, 0.25) is 0 Å². The highest BCUT2D eigenvalue weighted by Gasteiger charge is 2.53. The lowest BCUT2D eigenvalue weighted by molar-refractivity contribution is -0.153. The van der Waals surface area contributed by atoms with Crippen LogP contribution >= 0.6 is 0 Å². The molecule has 0 amide bonds. The fraction of sp³-hybridized carbons (Fsp3) is 0.800. The average Bonchev–Trinajstić information content (AvgIpc) is 3.08. The Kier molecular flexibility index (Phi) is 5.24. The van der Waals surface area contributed by atoms with Crippen molar-refractivity contribution in [3.63, 3.8) is 0 Å². The van der Waals surface area contributed by atoms with Gasteiger partial charge in [-0.05, 0) is 59.5 Å². The normalized spacial score (nSPS) is 28.7. The zero-order valence-electron chi connectivity index (χ0n) is 16.2. The minimum atomic E-state index is -0.301. The lowest BCUT2D eigenvalue weighted by Gasteiger charge is -2.34. The number of ether oxygens (including phenoxy) is 1. The first-order valence-corrected chi connectivity index (χ1v) is 9.79. The molecule has 1 aromatic rings. The van der Waals surface area contributed by atoms with E-state index in [1.807, 2.05) is 20.0 Å². The number of hydrogen-bond donors (Lipinski definition) is 1. The smallest absolute Gasteiger partial charge is 0.312 e. The number of cyclic esters (lactones) is 1. The Bertz CT molecular complexity index is 600. The maximum absolute atomic E-state index is 12.4. The van der Waals surface area contributed by atoms with Crippen molar-refractivity contribution in [1.29, 1.82) is 0 Å². The molecule has 1 N–H and O–H groups in total. The van der Waals surface area contributed by atoms with Crippen molar-refractivity contribution in [2.45, 2.75) is 83.8 Å². The van der Waals surface area contributed by atoms with Crippen LogP contribution in [-0.2, 0) is 16.1 Å². The Labute approximate surface area is 151 Å². The molecular formula is C20H33N3O2. The van der Waals surface area contributed by atoms with Crippen LogP contribution in [0.1, 0.15) is 82.9 Å². The SMILES string of the molecule is CCCCN(C)Cc1cn[nH]c1C1CCC2(CC1)CC(C)(C)OC2=O. The molecule has 5 nitrogen and oxygen atoms in total. The molecule has 140 valence electrons. The summed E-state index contributed by atoms with van der Waals surface area (Å²) in [5.74, 6) is 0.513. The van der Waals surface area contributed by atoms with E-state index in [1.54, 1.807) is 0 Å². The predicted octanol–water partition coefficient (Wildman–Crippen LogP) is 4.01. The largest absolute Gasteiger partial charge is 0.459 e. The molecule has 5 heteroatoms. The summed E-state index contributed by atoms with van der Waals surface area (Å²) in [7, 11) is 2.18. The second-order valence-corrected chi connectivity index (χ2v) is 8.78. The first-order chi connectivity index (χ1) is 11.9. The number of nitrogens with zero attached hydrogens (tertiary/aromatic N) is 2. The van der Waals surface area contributed by atoms with Gasteiger partial charge in [0.2, 0.25) is 0 Å². The third-order valence-corrected chi connectivity index (χ3v) is 6.00. The summed E-state index contributed by atoms with van der Waals surface area (Å²) in [6.45, 7) is 8.36. The number of aromatic amines is 1. The van der Waals surface area contributed by atoms with Crippen LogP contribution in [0.5, 0.6) is 0 Å². The first kappa shape index (κ1) is 18.4. The number of esters is 1. The summed E-state index contributed by atoms with van der Waals surface area (Å²) in [6.07, 6.45) is 9.25. The van der Waals surface area contributed by atoms with Crippen molar-refractivity contribution >= 4 is 5.97 Å². The van der Waals surface area contributed by atoms with E-state index in [2.05, 4.69) is 29.1 Å². The maximum Gasteiger partial charge on any atom is 0.312 e. The number of rotatable bonds is 6.